The van der Waals surface area contributed by atoms with E-state index in [4.69, 9.17) is 5.73 Å². The van der Waals surface area contributed by atoms with Gasteiger partial charge in [-0.2, -0.15) is 0 Å². The monoisotopic (exact) mass is 261 g/mol. The minimum Gasteiger partial charge on any atom is -0.396 e. The zero-order valence-electron chi connectivity index (χ0n) is 12.2. The summed E-state index contributed by atoms with van der Waals surface area (Å²) < 4.78 is 0. The highest BCUT2D eigenvalue weighted by Gasteiger charge is 2.40. The molecule has 0 unspecified atom stereocenters. The Hall–Kier alpha value is -0.860. The normalized spacial score (nSPS) is 19.8. The first-order valence-corrected chi connectivity index (χ1v) is 7.54. The SMILES string of the molecule is CC(C)c1ccc([C@@H](CN)C2(CO)CCCC2)cc1. The third-order valence-corrected chi connectivity index (χ3v) is 4.89. The second-order valence-corrected chi connectivity index (χ2v) is 6.34. The molecule has 0 amide bonds. The fraction of sp³-hybridized carbons (Fsp3) is 0.647. The fourth-order valence-electron chi connectivity index (χ4n) is 3.55. The van der Waals surface area contributed by atoms with E-state index >= 15 is 0 Å². The minimum absolute atomic E-state index is 0.0219. The summed E-state index contributed by atoms with van der Waals surface area (Å²) in [7, 11) is 0. The smallest absolute Gasteiger partial charge is 0.0493 e. The van der Waals surface area contributed by atoms with Crippen LogP contribution in [0.25, 0.3) is 0 Å². The predicted molar refractivity (Wildman–Crippen MR) is 80.3 cm³/mol. The number of hydrogen-bond donors (Lipinski definition) is 2. The Morgan fingerprint density at radius 3 is 2.05 bits per heavy atom. The number of aliphatic hydroxyl groups is 1. The van der Waals surface area contributed by atoms with Crippen LogP contribution >= 0.6 is 0 Å². The summed E-state index contributed by atoms with van der Waals surface area (Å²) in [5, 5.41) is 9.87. The molecule has 1 aromatic carbocycles. The quantitative estimate of drug-likeness (QED) is 0.853. The summed E-state index contributed by atoms with van der Waals surface area (Å²) in [6.07, 6.45) is 4.66. The first kappa shape index (κ1) is 14.5. The van der Waals surface area contributed by atoms with Crippen molar-refractivity contribution in [3.05, 3.63) is 35.4 Å². The maximum absolute atomic E-state index is 9.87. The van der Waals surface area contributed by atoms with Crippen LogP contribution in [0.15, 0.2) is 24.3 Å². The maximum atomic E-state index is 9.87. The van der Waals surface area contributed by atoms with Crippen LogP contribution in [-0.4, -0.2) is 18.3 Å². The topological polar surface area (TPSA) is 46.2 Å². The molecule has 2 rings (SSSR count). The van der Waals surface area contributed by atoms with Gasteiger partial charge in [-0.1, -0.05) is 51.0 Å². The van der Waals surface area contributed by atoms with E-state index in [1.807, 2.05) is 0 Å². The Kier molecular flexibility index (Phi) is 4.64. The molecule has 0 aromatic heterocycles. The molecule has 1 aliphatic rings. The van der Waals surface area contributed by atoms with Gasteiger partial charge < -0.3 is 10.8 Å². The lowest BCUT2D eigenvalue weighted by Gasteiger charge is -2.36. The molecule has 0 radical (unpaired) electrons. The molecule has 0 saturated heterocycles. The molecule has 1 fully saturated rings. The van der Waals surface area contributed by atoms with Crippen LogP contribution in [-0.2, 0) is 0 Å². The van der Waals surface area contributed by atoms with Crippen LogP contribution in [0.5, 0.6) is 0 Å². The van der Waals surface area contributed by atoms with Crippen LogP contribution in [0.3, 0.4) is 0 Å². The molecule has 0 spiro atoms. The van der Waals surface area contributed by atoms with Crippen molar-refractivity contribution < 1.29 is 5.11 Å². The first-order chi connectivity index (χ1) is 9.13. The molecular weight excluding hydrogens is 234 g/mol. The summed E-state index contributed by atoms with van der Waals surface area (Å²) >= 11 is 0. The van der Waals surface area contributed by atoms with Crippen molar-refractivity contribution in [2.75, 3.05) is 13.2 Å². The van der Waals surface area contributed by atoms with Crippen molar-refractivity contribution in [1.82, 2.24) is 0 Å². The molecule has 19 heavy (non-hydrogen) atoms. The molecule has 2 nitrogen and oxygen atoms in total. The van der Waals surface area contributed by atoms with Crippen LogP contribution in [0.1, 0.15) is 62.5 Å². The van der Waals surface area contributed by atoms with Gasteiger partial charge in [0, 0.05) is 17.9 Å². The molecule has 106 valence electrons. The molecule has 1 saturated carbocycles. The van der Waals surface area contributed by atoms with E-state index in [1.54, 1.807) is 0 Å². The van der Waals surface area contributed by atoms with E-state index in [9.17, 15) is 5.11 Å². The molecule has 0 aliphatic heterocycles. The Labute approximate surface area is 117 Å². The van der Waals surface area contributed by atoms with Crippen molar-refractivity contribution in [2.24, 2.45) is 11.1 Å². The maximum Gasteiger partial charge on any atom is 0.0493 e. The van der Waals surface area contributed by atoms with E-state index in [2.05, 4.69) is 38.1 Å². The van der Waals surface area contributed by atoms with E-state index < -0.39 is 0 Å². The Bertz CT molecular complexity index is 390. The van der Waals surface area contributed by atoms with Gasteiger partial charge in [0.15, 0.2) is 0 Å². The van der Waals surface area contributed by atoms with Gasteiger partial charge >= 0.3 is 0 Å². The summed E-state index contributed by atoms with van der Waals surface area (Å²) in [5.41, 5.74) is 8.71. The van der Waals surface area contributed by atoms with Gasteiger partial charge in [0.2, 0.25) is 0 Å². The lowest BCUT2D eigenvalue weighted by molar-refractivity contribution is 0.103. The molecule has 3 N–H and O–H groups in total. The van der Waals surface area contributed by atoms with Crippen molar-refractivity contribution in [1.29, 1.82) is 0 Å². The highest BCUT2D eigenvalue weighted by Crippen LogP contribution is 2.48. The van der Waals surface area contributed by atoms with Gasteiger partial charge in [-0.05, 0) is 36.4 Å². The van der Waals surface area contributed by atoms with Crippen molar-refractivity contribution in [3.63, 3.8) is 0 Å². The molecule has 1 aliphatic carbocycles. The zero-order chi connectivity index (χ0) is 13.9. The average Bonchev–Trinajstić information content (AvgIpc) is 2.90. The summed E-state index contributed by atoms with van der Waals surface area (Å²) in [6, 6.07) is 8.84. The summed E-state index contributed by atoms with van der Waals surface area (Å²) in [5.74, 6) is 0.852. The average molecular weight is 261 g/mol. The molecule has 0 heterocycles. The van der Waals surface area contributed by atoms with E-state index in [1.165, 1.54) is 24.0 Å². The first-order valence-electron chi connectivity index (χ1n) is 7.54. The number of rotatable bonds is 5. The van der Waals surface area contributed by atoms with Crippen LogP contribution in [0, 0.1) is 5.41 Å². The highest BCUT2D eigenvalue weighted by atomic mass is 16.3. The van der Waals surface area contributed by atoms with Gasteiger partial charge in [0.25, 0.3) is 0 Å². The van der Waals surface area contributed by atoms with E-state index in [-0.39, 0.29) is 12.0 Å². The fourth-order valence-corrected chi connectivity index (χ4v) is 3.55. The zero-order valence-corrected chi connectivity index (χ0v) is 12.2. The van der Waals surface area contributed by atoms with Gasteiger partial charge in [0.1, 0.15) is 0 Å². The van der Waals surface area contributed by atoms with Crippen molar-refractivity contribution in [3.8, 4) is 0 Å². The lowest BCUT2D eigenvalue weighted by Crippen LogP contribution is -2.34. The Morgan fingerprint density at radius 2 is 1.63 bits per heavy atom. The van der Waals surface area contributed by atoms with Crippen LogP contribution in [0.4, 0.5) is 0 Å². The molecule has 1 aromatic rings. The summed E-state index contributed by atoms with van der Waals surface area (Å²) in [6.45, 7) is 5.31. The van der Waals surface area contributed by atoms with Gasteiger partial charge in [-0.15, -0.1) is 0 Å². The van der Waals surface area contributed by atoms with Gasteiger partial charge in [-0.3, -0.25) is 0 Å². The highest BCUT2D eigenvalue weighted by molar-refractivity contribution is 5.29. The van der Waals surface area contributed by atoms with Crippen LogP contribution < -0.4 is 5.73 Å². The largest absolute Gasteiger partial charge is 0.396 e. The number of hydrogen-bond acceptors (Lipinski definition) is 2. The standard InChI is InChI=1S/C17H27NO/c1-13(2)14-5-7-15(8-6-14)16(11-18)17(12-19)9-3-4-10-17/h5-8,13,16,19H,3-4,9-12,18H2,1-2H3/t16-/m1/s1. The lowest BCUT2D eigenvalue weighted by atomic mass is 9.71. The minimum atomic E-state index is 0.0219. The summed E-state index contributed by atoms with van der Waals surface area (Å²) in [4.78, 5) is 0. The molecule has 2 heteroatoms. The second-order valence-electron chi connectivity index (χ2n) is 6.34. The Balaban J connectivity index is 2.26. The third-order valence-electron chi connectivity index (χ3n) is 4.89. The number of aliphatic hydroxyl groups excluding tert-OH is 1. The molecule has 0 bridgehead atoms. The van der Waals surface area contributed by atoms with Crippen LogP contribution in [0.2, 0.25) is 0 Å². The Morgan fingerprint density at radius 1 is 1.11 bits per heavy atom. The van der Waals surface area contributed by atoms with Gasteiger partial charge in [-0.25, -0.2) is 0 Å². The van der Waals surface area contributed by atoms with E-state index in [0.29, 0.717) is 18.4 Å². The predicted octanol–water partition coefficient (Wildman–Crippen LogP) is 3.41. The number of benzene rings is 1. The third kappa shape index (κ3) is 2.85. The number of nitrogens with two attached hydrogens (primary N) is 1. The van der Waals surface area contributed by atoms with Crippen molar-refractivity contribution >= 4 is 0 Å². The molecule has 1 atom stereocenters. The van der Waals surface area contributed by atoms with Gasteiger partial charge in [0.05, 0.1) is 0 Å². The van der Waals surface area contributed by atoms with Crippen molar-refractivity contribution in [2.45, 2.75) is 51.4 Å². The molecular formula is C17H27NO. The second kappa shape index (κ2) is 6.06. The van der Waals surface area contributed by atoms with E-state index in [0.717, 1.165) is 12.8 Å².